The van der Waals surface area contributed by atoms with Crippen LogP contribution in [0, 0.1) is 5.92 Å². The Morgan fingerprint density at radius 1 is 1.35 bits per heavy atom. The van der Waals surface area contributed by atoms with Gasteiger partial charge in [0, 0.05) is 39.7 Å². The van der Waals surface area contributed by atoms with Gasteiger partial charge in [-0.1, -0.05) is 13.8 Å². The van der Waals surface area contributed by atoms with Crippen LogP contribution in [0.3, 0.4) is 0 Å². The van der Waals surface area contributed by atoms with Crippen LogP contribution in [0.25, 0.3) is 11.4 Å². The molecule has 9 heteroatoms. The highest BCUT2D eigenvalue weighted by atomic mass is 79.9. The van der Waals surface area contributed by atoms with Crippen molar-refractivity contribution in [2.24, 2.45) is 5.92 Å². The third kappa shape index (κ3) is 3.36. The molecule has 0 radical (unpaired) electrons. The third-order valence-electron chi connectivity index (χ3n) is 2.45. The summed E-state index contributed by atoms with van der Waals surface area (Å²) < 4.78 is 25.4. The Balaban J connectivity index is 2.62. The lowest BCUT2D eigenvalue weighted by molar-refractivity contribution is 0.488. The van der Waals surface area contributed by atoms with Crippen LogP contribution in [0.4, 0.5) is 0 Å². The molecule has 0 N–H and O–H groups in total. The van der Waals surface area contributed by atoms with Crippen LogP contribution < -0.4 is 0 Å². The first-order valence-electron chi connectivity index (χ1n) is 5.78. The van der Waals surface area contributed by atoms with E-state index in [1.807, 2.05) is 13.8 Å². The summed E-state index contributed by atoms with van der Waals surface area (Å²) >= 11 is 3.32. The molecule has 6 nitrogen and oxygen atoms in total. The fourth-order valence-corrected chi connectivity index (χ4v) is 3.02. The van der Waals surface area contributed by atoms with E-state index in [-0.39, 0.29) is 11.1 Å². The van der Waals surface area contributed by atoms with Crippen molar-refractivity contribution in [3.05, 3.63) is 22.9 Å². The topological polar surface area (TPSA) is 77.7 Å². The lowest BCUT2D eigenvalue weighted by Crippen LogP contribution is -2.11. The normalized spacial score (nSPS) is 12.1. The van der Waals surface area contributed by atoms with Gasteiger partial charge in [0.2, 0.25) is 0 Å². The average molecular weight is 380 g/mol. The summed E-state index contributed by atoms with van der Waals surface area (Å²) in [6.07, 6.45) is 3.22. The Kier molecular flexibility index (Phi) is 4.46. The zero-order valence-electron chi connectivity index (χ0n) is 10.8. The van der Waals surface area contributed by atoms with Crippen LogP contribution >= 0.6 is 26.6 Å². The largest absolute Gasteiger partial charge is 0.297 e. The summed E-state index contributed by atoms with van der Waals surface area (Å²) in [4.78, 5) is 4.04. The minimum absolute atomic E-state index is 0.210. The molecule has 0 aliphatic heterocycles. The predicted octanol–water partition coefficient (Wildman–Crippen LogP) is 2.69. The van der Waals surface area contributed by atoms with Gasteiger partial charge in [0.05, 0.1) is 0 Å². The van der Waals surface area contributed by atoms with Gasteiger partial charge in [0.25, 0.3) is 14.2 Å². The Morgan fingerprint density at radius 2 is 2.05 bits per heavy atom. The van der Waals surface area contributed by atoms with Crippen molar-refractivity contribution >= 4 is 35.7 Å². The molecule has 0 saturated carbocycles. The summed E-state index contributed by atoms with van der Waals surface area (Å²) in [6.45, 7) is 4.37. The second kappa shape index (κ2) is 5.79. The molecule has 0 atom stereocenters. The van der Waals surface area contributed by atoms with Gasteiger partial charge < -0.3 is 0 Å². The molecular weight excluding hydrogens is 368 g/mol. The number of rotatable bonds is 4. The maximum Gasteiger partial charge on any atom is 0.296 e. The summed E-state index contributed by atoms with van der Waals surface area (Å²) in [6, 6.07) is 1.79. The fraction of sp³-hybridized carbons (Fsp3) is 0.364. The van der Waals surface area contributed by atoms with Gasteiger partial charge in [-0.3, -0.25) is 9.55 Å². The van der Waals surface area contributed by atoms with Gasteiger partial charge >= 0.3 is 0 Å². The van der Waals surface area contributed by atoms with Crippen molar-refractivity contribution in [1.29, 1.82) is 0 Å². The first kappa shape index (κ1) is 15.4. The van der Waals surface area contributed by atoms with Crippen molar-refractivity contribution in [2.75, 3.05) is 0 Å². The number of nitrogens with zero attached hydrogens (tertiary/aromatic N) is 4. The highest BCUT2D eigenvalue weighted by Crippen LogP contribution is 2.25. The smallest absolute Gasteiger partial charge is 0.296 e. The van der Waals surface area contributed by atoms with Crippen LogP contribution in [-0.4, -0.2) is 28.2 Å². The Bertz CT molecular complexity index is 730. The van der Waals surface area contributed by atoms with Crippen molar-refractivity contribution in [3.8, 4) is 11.4 Å². The lowest BCUT2D eigenvalue weighted by atomic mass is 10.2. The molecule has 0 unspecified atom stereocenters. The lowest BCUT2D eigenvalue weighted by Gasteiger charge is -2.11. The van der Waals surface area contributed by atoms with Crippen LogP contribution in [0.2, 0.25) is 0 Å². The Hall–Kier alpha value is -0.990. The maximum atomic E-state index is 11.6. The molecule has 0 amide bonds. The minimum Gasteiger partial charge on any atom is -0.297 e. The highest BCUT2D eigenvalue weighted by molar-refractivity contribution is 9.10. The molecule has 0 aliphatic rings. The molecule has 108 valence electrons. The number of aromatic nitrogens is 4. The van der Waals surface area contributed by atoms with Gasteiger partial charge in [-0.25, -0.2) is 8.42 Å². The zero-order chi connectivity index (χ0) is 14.9. The molecule has 2 aromatic heterocycles. The molecule has 0 aromatic carbocycles. The fourth-order valence-electron chi connectivity index (χ4n) is 1.75. The SMILES string of the molecule is CC(C)Cn1c(-c2cncc(Br)c2)nnc1S(=O)(=O)Cl. The van der Waals surface area contributed by atoms with E-state index in [0.717, 1.165) is 4.47 Å². The van der Waals surface area contributed by atoms with E-state index >= 15 is 0 Å². The first-order chi connectivity index (χ1) is 9.29. The van der Waals surface area contributed by atoms with Crippen molar-refractivity contribution < 1.29 is 8.42 Å². The van der Waals surface area contributed by atoms with Gasteiger partial charge in [-0.05, 0) is 27.9 Å². The first-order valence-corrected chi connectivity index (χ1v) is 8.88. The monoisotopic (exact) mass is 378 g/mol. The van der Waals surface area contributed by atoms with E-state index in [0.29, 0.717) is 17.9 Å². The van der Waals surface area contributed by atoms with Crippen molar-refractivity contribution in [3.63, 3.8) is 0 Å². The molecule has 0 spiro atoms. The van der Waals surface area contributed by atoms with Crippen LogP contribution in [0.15, 0.2) is 28.1 Å². The molecular formula is C11H12BrClN4O2S. The zero-order valence-corrected chi connectivity index (χ0v) is 13.9. The average Bonchev–Trinajstić information content (AvgIpc) is 2.71. The van der Waals surface area contributed by atoms with Crippen LogP contribution in [-0.2, 0) is 15.6 Å². The van der Waals surface area contributed by atoms with E-state index in [1.165, 1.54) is 4.57 Å². The number of hydrogen-bond acceptors (Lipinski definition) is 5. The van der Waals surface area contributed by atoms with E-state index in [1.54, 1.807) is 18.5 Å². The molecule has 0 fully saturated rings. The maximum absolute atomic E-state index is 11.6. The van der Waals surface area contributed by atoms with E-state index in [2.05, 4.69) is 31.1 Å². The summed E-state index contributed by atoms with van der Waals surface area (Å²) in [5.74, 6) is 0.633. The molecule has 2 aromatic rings. The van der Waals surface area contributed by atoms with Gasteiger partial charge in [0.1, 0.15) is 0 Å². The number of hydrogen-bond donors (Lipinski definition) is 0. The van der Waals surface area contributed by atoms with Gasteiger partial charge in [-0.15, -0.1) is 10.2 Å². The quantitative estimate of drug-likeness (QED) is 0.763. The van der Waals surface area contributed by atoms with E-state index in [4.69, 9.17) is 10.7 Å². The van der Waals surface area contributed by atoms with Gasteiger partial charge in [0.15, 0.2) is 5.82 Å². The summed E-state index contributed by atoms with van der Waals surface area (Å²) in [5, 5.41) is 7.38. The number of pyridine rings is 1. The predicted molar refractivity (Wildman–Crippen MR) is 78.8 cm³/mol. The van der Waals surface area contributed by atoms with E-state index in [9.17, 15) is 8.42 Å². The molecule has 2 rings (SSSR count). The Labute approximate surface area is 129 Å². The number of halogens is 2. The third-order valence-corrected chi connectivity index (χ3v) is 4.03. The minimum atomic E-state index is -3.95. The van der Waals surface area contributed by atoms with E-state index < -0.39 is 9.05 Å². The standard InChI is InChI=1S/C11H12BrClN4O2S/c1-7(2)6-17-10(8-3-9(12)5-14-4-8)15-16-11(17)20(13,18)19/h3-5,7H,6H2,1-2H3. The van der Waals surface area contributed by atoms with Crippen LogP contribution in [0.1, 0.15) is 13.8 Å². The molecule has 20 heavy (non-hydrogen) atoms. The molecule has 0 saturated heterocycles. The summed E-state index contributed by atoms with van der Waals surface area (Å²) in [7, 11) is 1.46. The molecule has 0 aliphatic carbocycles. The Morgan fingerprint density at radius 3 is 2.60 bits per heavy atom. The molecule has 2 heterocycles. The van der Waals surface area contributed by atoms with Crippen LogP contribution in [0.5, 0.6) is 0 Å². The second-order valence-corrected chi connectivity index (χ2v) is 8.02. The molecule has 0 bridgehead atoms. The summed E-state index contributed by atoms with van der Waals surface area (Å²) in [5.41, 5.74) is 0.666. The second-order valence-electron chi connectivity index (χ2n) is 4.64. The highest BCUT2D eigenvalue weighted by Gasteiger charge is 2.24. The van der Waals surface area contributed by atoms with Crippen molar-refractivity contribution in [2.45, 2.75) is 25.5 Å². The van der Waals surface area contributed by atoms with Gasteiger partial charge in [-0.2, -0.15) is 0 Å². The van der Waals surface area contributed by atoms with Crippen molar-refractivity contribution in [1.82, 2.24) is 19.7 Å².